The van der Waals surface area contributed by atoms with E-state index in [-0.39, 0.29) is 5.91 Å². The monoisotopic (exact) mass is 193 g/mol. The number of hydrogen-bond acceptors (Lipinski definition) is 3. The molecule has 74 valence electrons. The van der Waals surface area contributed by atoms with Gasteiger partial charge in [0.25, 0.3) is 5.91 Å². The summed E-state index contributed by atoms with van der Waals surface area (Å²) in [5.41, 5.74) is 1.48. The molecule has 1 atom stereocenters. The third-order valence-corrected chi connectivity index (χ3v) is 2.75. The van der Waals surface area contributed by atoms with Gasteiger partial charge in [-0.2, -0.15) is 0 Å². The zero-order chi connectivity index (χ0) is 9.54. The lowest BCUT2D eigenvalue weighted by molar-refractivity contribution is 0.0961. The van der Waals surface area contributed by atoms with Crippen molar-refractivity contribution in [3.05, 3.63) is 17.2 Å². The van der Waals surface area contributed by atoms with Crippen molar-refractivity contribution in [2.45, 2.75) is 18.9 Å². The molecule has 2 aliphatic rings. The topological polar surface area (TPSA) is 67.0 Å². The standard InChI is InChI=1S/C9H11N3O2/c13-9-7-6(3-10-9)11-8(12-7)5-1-2-14-4-5/h5H,1-4H2,(H,10,13)(H,11,12). The average Bonchev–Trinajstić information content (AvgIpc) is 2.83. The van der Waals surface area contributed by atoms with Crippen LogP contribution in [0.25, 0.3) is 0 Å². The van der Waals surface area contributed by atoms with Crippen molar-refractivity contribution < 1.29 is 9.53 Å². The van der Waals surface area contributed by atoms with Crippen molar-refractivity contribution in [1.82, 2.24) is 15.3 Å². The molecule has 0 bridgehead atoms. The second kappa shape index (κ2) is 2.81. The number of nitrogens with one attached hydrogen (secondary N) is 2. The zero-order valence-electron chi connectivity index (χ0n) is 7.67. The Hall–Kier alpha value is -1.36. The summed E-state index contributed by atoms with van der Waals surface area (Å²) in [6, 6.07) is 0. The van der Waals surface area contributed by atoms with Crippen LogP contribution in [0, 0.1) is 0 Å². The van der Waals surface area contributed by atoms with E-state index in [0.717, 1.165) is 24.5 Å². The molecule has 5 nitrogen and oxygen atoms in total. The second-order valence-corrected chi connectivity index (χ2v) is 3.69. The molecule has 5 heteroatoms. The van der Waals surface area contributed by atoms with Gasteiger partial charge in [-0.25, -0.2) is 4.98 Å². The molecule has 0 aliphatic carbocycles. The molecule has 0 spiro atoms. The second-order valence-electron chi connectivity index (χ2n) is 3.69. The number of ether oxygens (including phenoxy) is 1. The van der Waals surface area contributed by atoms with E-state index in [1.807, 2.05) is 0 Å². The number of rotatable bonds is 1. The van der Waals surface area contributed by atoms with E-state index in [4.69, 9.17) is 4.74 Å². The van der Waals surface area contributed by atoms with Crippen LogP contribution in [0.3, 0.4) is 0 Å². The molecule has 1 saturated heterocycles. The molecule has 1 unspecified atom stereocenters. The molecule has 1 fully saturated rings. The molecular formula is C9H11N3O2. The fourth-order valence-electron chi connectivity index (χ4n) is 1.94. The van der Waals surface area contributed by atoms with Crippen LogP contribution in [0.1, 0.15) is 34.3 Å². The molecular weight excluding hydrogens is 182 g/mol. The summed E-state index contributed by atoms with van der Waals surface area (Å²) in [4.78, 5) is 18.8. The van der Waals surface area contributed by atoms with Gasteiger partial charge in [-0.15, -0.1) is 0 Å². The minimum Gasteiger partial charge on any atom is -0.381 e. The quantitative estimate of drug-likeness (QED) is 0.667. The molecule has 1 amide bonds. The third-order valence-electron chi connectivity index (χ3n) is 2.75. The number of fused-ring (bicyclic) bond motifs is 1. The Morgan fingerprint density at radius 2 is 2.43 bits per heavy atom. The van der Waals surface area contributed by atoms with Crippen LogP contribution >= 0.6 is 0 Å². The maximum absolute atomic E-state index is 11.3. The van der Waals surface area contributed by atoms with Gasteiger partial charge in [0.15, 0.2) is 5.69 Å². The van der Waals surface area contributed by atoms with E-state index in [9.17, 15) is 4.79 Å². The number of aromatic amines is 1. The van der Waals surface area contributed by atoms with Crippen LogP contribution in [0.2, 0.25) is 0 Å². The fraction of sp³-hybridized carbons (Fsp3) is 0.556. The molecule has 2 N–H and O–H groups in total. The summed E-state index contributed by atoms with van der Waals surface area (Å²) in [6.07, 6.45) is 0.994. The molecule has 14 heavy (non-hydrogen) atoms. The van der Waals surface area contributed by atoms with Gasteiger partial charge in [0.2, 0.25) is 0 Å². The number of H-pyrrole nitrogens is 1. The smallest absolute Gasteiger partial charge is 0.272 e. The molecule has 2 aliphatic heterocycles. The van der Waals surface area contributed by atoms with Crippen molar-refractivity contribution in [3.63, 3.8) is 0 Å². The van der Waals surface area contributed by atoms with Crippen LogP contribution in [0.5, 0.6) is 0 Å². The Labute approximate surface area is 80.9 Å². The van der Waals surface area contributed by atoms with Crippen molar-refractivity contribution in [2.75, 3.05) is 13.2 Å². The van der Waals surface area contributed by atoms with Gasteiger partial charge in [-0.1, -0.05) is 0 Å². The maximum atomic E-state index is 11.3. The van der Waals surface area contributed by atoms with Gasteiger partial charge < -0.3 is 15.0 Å². The number of carbonyl (C=O) groups is 1. The molecule has 1 aromatic rings. The third kappa shape index (κ3) is 1.05. The number of aromatic nitrogens is 2. The molecule has 1 aromatic heterocycles. The summed E-state index contributed by atoms with van der Waals surface area (Å²) in [6.45, 7) is 2.09. The van der Waals surface area contributed by atoms with Crippen LogP contribution in [0.4, 0.5) is 0 Å². The number of hydrogen-bond donors (Lipinski definition) is 2. The first-order valence-corrected chi connectivity index (χ1v) is 4.79. The number of nitrogens with zero attached hydrogens (tertiary/aromatic N) is 1. The van der Waals surface area contributed by atoms with Gasteiger partial charge >= 0.3 is 0 Å². The van der Waals surface area contributed by atoms with Crippen LogP contribution in [-0.2, 0) is 11.3 Å². The van der Waals surface area contributed by atoms with E-state index in [1.54, 1.807) is 0 Å². The minimum atomic E-state index is -0.0681. The summed E-state index contributed by atoms with van der Waals surface area (Å²) in [5.74, 6) is 1.18. The first-order valence-electron chi connectivity index (χ1n) is 4.79. The summed E-state index contributed by atoms with van der Waals surface area (Å²) in [5, 5.41) is 2.72. The van der Waals surface area contributed by atoms with Crippen LogP contribution < -0.4 is 5.32 Å². The van der Waals surface area contributed by atoms with Crippen molar-refractivity contribution in [1.29, 1.82) is 0 Å². The highest BCUT2D eigenvalue weighted by molar-refractivity contribution is 5.95. The number of carbonyl (C=O) groups excluding carboxylic acids is 1. The first-order chi connectivity index (χ1) is 6.84. The molecule has 0 radical (unpaired) electrons. The van der Waals surface area contributed by atoms with Gasteiger partial charge in [0.05, 0.1) is 18.8 Å². The van der Waals surface area contributed by atoms with E-state index >= 15 is 0 Å². The highest BCUT2D eigenvalue weighted by Gasteiger charge is 2.28. The van der Waals surface area contributed by atoms with Crippen LogP contribution in [-0.4, -0.2) is 29.1 Å². The maximum Gasteiger partial charge on any atom is 0.272 e. The molecule has 3 heterocycles. The normalized spacial score (nSPS) is 25.1. The molecule has 3 rings (SSSR count). The molecule has 0 aromatic carbocycles. The Bertz CT molecular complexity index is 379. The minimum absolute atomic E-state index is 0.0681. The van der Waals surface area contributed by atoms with Crippen molar-refractivity contribution in [2.24, 2.45) is 0 Å². The van der Waals surface area contributed by atoms with Gasteiger partial charge in [-0.05, 0) is 6.42 Å². The lowest BCUT2D eigenvalue weighted by Gasteiger charge is -2.02. The average molecular weight is 193 g/mol. The predicted octanol–water partition coefficient (Wildman–Crippen LogP) is 0.157. The van der Waals surface area contributed by atoms with Gasteiger partial charge in [0, 0.05) is 12.5 Å². The Kier molecular flexibility index (Phi) is 1.61. The lowest BCUT2D eigenvalue weighted by atomic mass is 10.1. The predicted molar refractivity (Wildman–Crippen MR) is 47.9 cm³/mol. The SMILES string of the molecule is O=C1NCc2[nH]c(C3CCOC3)nc21. The van der Waals surface area contributed by atoms with Gasteiger partial charge in [0.1, 0.15) is 5.82 Å². The summed E-state index contributed by atoms with van der Waals surface area (Å²) < 4.78 is 5.28. The van der Waals surface area contributed by atoms with Crippen molar-refractivity contribution in [3.8, 4) is 0 Å². The van der Waals surface area contributed by atoms with Crippen LogP contribution in [0.15, 0.2) is 0 Å². The summed E-state index contributed by atoms with van der Waals surface area (Å²) in [7, 11) is 0. The largest absolute Gasteiger partial charge is 0.381 e. The number of amides is 1. The molecule has 0 saturated carbocycles. The number of imidazole rings is 1. The van der Waals surface area contributed by atoms with Crippen molar-refractivity contribution >= 4 is 5.91 Å². The lowest BCUT2D eigenvalue weighted by Crippen LogP contribution is -2.15. The van der Waals surface area contributed by atoms with E-state index in [2.05, 4.69) is 15.3 Å². The fourth-order valence-corrected chi connectivity index (χ4v) is 1.94. The Morgan fingerprint density at radius 3 is 3.14 bits per heavy atom. The van der Waals surface area contributed by atoms with Gasteiger partial charge in [-0.3, -0.25) is 4.79 Å². The highest BCUT2D eigenvalue weighted by Crippen LogP contribution is 2.25. The van der Waals surface area contributed by atoms with E-state index in [0.29, 0.717) is 24.8 Å². The Morgan fingerprint density at radius 1 is 1.50 bits per heavy atom. The summed E-state index contributed by atoms with van der Waals surface area (Å²) >= 11 is 0. The van der Waals surface area contributed by atoms with E-state index in [1.165, 1.54) is 0 Å². The zero-order valence-corrected chi connectivity index (χ0v) is 7.67. The van der Waals surface area contributed by atoms with E-state index < -0.39 is 0 Å². The Balaban J connectivity index is 1.93. The first kappa shape index (κ1) is 7.99. The highest BCUT2D eigenvalue weighted by atomic mass is 16.5.